The first-order chi connectivity index (χ1) is 13.2. The molecule has 1 N–H and O–H groups in total. The molecule has 11 heteroatoms. The van der Waals surface area contributed by atoms with Gasteiger partial charge in [0.25, 0.3) is 0 Å². The topological polar surface area (TPSA) is 40.6 Å². The molecule has 0 aliphatic carbocycles. The van der Waals surface area contributed by atoms with E-state index >= 15 is 0 Å². The summed E-state index contributed by atoms with van der Waals surface area (Å²) in [4.78, 5) is 8.29. The third kappa shape index (κ3) is 5.52. The second-order valence-corrected chi connectivity index (χ2v) is 7.17. The van der Waals surface area contributed by atoms with Crippen LogP contribution in [0.1, 0.15) is 0 Å². The van der Waals surface area contributed by atoms with Crippen LogP contribution in [0.3, 0.4) is 0 Å². The fourth-order valence-electron chi connectivity index (χ4n) is 2.70. The lowest BCUT2D eigenvalue weighted by Crippen LogP contribution is -2.50. The van der Waals surface area contributed by atoms with E-state index in [0.717, 1.165) is 0 Å². The number of hydrogen-bond acceptors (Lipinski definition) is 4. The molecule has 2 aromatic rings. The number of piperazine rings is 1. The van der Waals surface area contributed by atoms with Gasteiger partial charge in [-0.1, -0.05) is 23.2 Å². The maximum Gasteiger partial charge on any atom is 0.573 e. The Hall–Kier alpha value is -1.97. The summed E-state index contributed by atoms with van der Waals surface area (Å²) >= 11 is 17.5. The Bertz CT molecular complexity index is 843. The molecule has 1 aliphatic rings. The second-order valence-electron chi connectivity index (χ2n) is 5.94. The maximum absolute atomic E-state index is 12.2. The van der Waals surface area contributed by atoms with Gasteiger partial charge in [0.2, 0.25) is 0 Å². The van der Waals surface area contributed by atoms with Crippen molar-refractivity contribution >= 4 is 52.0 Å². The zero-order valence-electron chi connectivity index (χ0n) is 14.3. The molecule has 1 saturated heterocycles. The quantitative estimate of drug-likeness (QED) is 0.676. The standard InChI is InChI=1S/C17H15Cl2F3N4OS/c18-11-9-14(19)15(23-10-11)25-5-7-26(8-6-25)16(28)24-12-1-3-13(4-2-12)27-17(20,21)22/h1-4,9-10H,5-8H2,(H,24,28). The smallest absolute Gasteiger partial charge is 0.406 e. The average molecular weight is 451 g/mol. The fourth-order valence-corrected chi connectivity index (χ4v) is 3.50. The zero-order chi connectivity index (χ0) is 20.3. The number of aromatic nitrogens is 1. The third-order valence-electron chi connectivity index (χ3n) is 3.99. The summed E-state index contributed by atoms with van der Waals surface area (Å²) in [5.74, 6) is 0.384. The normalized spacial score (nSPS) is 14.8. The van der Waals surface area contributed by atoms with Gasteiger partial charge in [0.1, 0.15) is 11.6 Å². The van der Waals surface area contributed by atoms with Gasteiger partial charge in [-0.3, -0.25) is 0 Å². The minimum atomic E-state index is -4.72. The van der Waals surface area contributed by atoms with Crippen LogP contribution in [0.15, 0.2) is 36.5 Å². The van der Waals surface area contributed by atoms with Crippen LogP contribution in [0.25, 0.3) is 0 Å². The van der Waals surface area contributed by atoms with Crippen molar-refractivity contribution in [3.8, 4) is 5.75 Å². The predicted octanol–water partition coefficient (Wildman–Crippen LogP) is 4.81. The van der Waals surface area contributed by atoms with Crippen LogP contribution in [0.2, 0.25) is 10.0 Å². The number of anilines is 2. The summed E-state index contributed by atoms with van der Waals surface area (Å²) in [5, 5.41) is 4.47. The van der Waals surface area contributed by atoms with Crippen LogP contribution in [0, 0.1) is 0 Å². The molecular weight excluding hydrogens is 436 g/mol. The largest absolute Gasteiger partial charge is 0.573 e. The van der Waals surface area contributed by atoms with Gasteiger partial charge < -0.3 is 19.9 Å². The number of thiocarbonyl (C=S) groups is 1. The second kappa shape index (κ2) is 8.59. The Labute approximate surface area is 175 Å². The minimum Gasteiger partial charge on any atom is -0.406 e. The first kappa shape index (κ1) is 20.8. The Balaban J connectivity index is 1.54. The molecule has 0 bridgehead atoms. The minimum absolute atomic E-state index is 0.287. The molecule has 5 nitrogen and oxygen atoms in total. The Morgan fingerprint density at radius 2 is 1.75 bits per heavy atom. The van der Waals surface area contributed by atoms with Crippen LogP contribution in [0.4, 0.5) is 24.7 Å². The molecule has 28 heavy (non-hydrogen) atoms. The Morgan fingerprint density at radius 1 is 1.11 bits per heavy atom. The van der Waals surface area contributed by atoms with Gasteiger partial charge in [0, 0.05) is 38.1 Å². The van der Waals surface area contributed by atoms with E-state index in [1.807, 2.05) is 9.80 Å². The number of hydrogen-bond donors (Lipinski definition) is 1. The summed E-state index contributed by atoms with van der Waals surface area (Å²) in [6, 6.07) is 7.05. The van der Waals surface area contributed by atoms with Crippen LogP contribution in [0.5, 0.6) is 5.75 Å². The Kier molecular flexibility index (Phi) is 6.36. The Morgan fingerprint density at radius 3 is 2.32 bits per heavy atom. The molecule has 0 amide bonds. The van der Waals surface area contributed by atoms with Gasteiger partial charge in [0.15, 0.2) is 5.11 Å². The molecule has 1 aromatic heterocycles. The van der Waals surface area contributed by atoms with Crippen molar-refractivity contribution in [1.29, 1.82) is 0 Å². The number of benzene rings is 1. The molecule has 1 aliphatic heterocycles. The number of pyridine rings is 1. The van der Waals surface area contributed by atoms with Gasteiger partial charge in [-0.25, -0.2) is 4.98 Å². The van der Waals surface area contributed by atoms with Crippen molar-refractivity contribution in [1.82, 2.24) is 9.88 Å². The third-order valence-corrected chi connectivity index (χ3v) is 4.84. The van der Waals surface area contributed by atoms with Crippen molar-refractivity contribution in [2.24, 2.45) is 0 Å². The van der Waals surface area contributed by atoms with Gasteiger partial charge in [-0.05, 0) is 42.5 Å². The molecule has 0 radical (unpaired) electrons. The van der Waals surface area contributed by atoms with Gasteiger partial charge in [-0.15, -0.1) is 13.2 Å². The van der Waals surface area contributed by atoms with Crippen LogP contribution < -0.4 is 15.0 Å². The van der Waals surface area contributed by atoms with Gasteiger partial charge >= 0.3 is 6.36 Å². The molecule has 3 rings (SSSR count). The summed E-state index contributed by atoms with van der Waals surface area (Å²) in [5.41, 5.74) is 0.573. The van der Waals surface area contributed by atoms with Crippen LogP contribution in [-0.4, -0.2) is 47.5 Å². The average Bonchev–Trinajstić information content (AvgIpc) is 2.62. The number of nitrogens with zero attached hydrogens (tertiary/aromatic N) is 3. The molecular formula is C17H15Cl2F3N4OS. The van der Waals surface area contributed by atoms with E-state index in [0.29, 0.717) is 52.8 Å². The van der Waals surface area contributed by atoms with Gasteiger partial charge in [0.05, 0.1) is 10.0 Å². The number of alkyl halides is 3. The molecule has 0 atom stereocenters. The molecule has 1 aromatic carbocycles. The molecule has 0 spiro atoms. The molecule has 150 valence electrons. The number of rotatable bonds is 3. The maximum atomic E-state index is 12.2. The molecule has 0 unspecified atom stereocenters. The van der Waals surface area contributed by atoms with E-state index in [1.165, 1.54) is 24.3 Å². The SMILES string of the molecule is FC(F)(F)Oc1ccc(NC(=S)N2CCN(c3ncc(Cl)cc3Cl)CC2)cc1. The van der Waals surface area contributed by atoms with Crippen molar-refractivity contribution in [2.75, 3.05) is 36.4 Å². The van der Waals surface area contributed by atoms with E-state index in [9.17, 15) is 13.2 Å². The summed E-state index contributed by atoms with van der Waals surface area (Å²) < 4.78 is 40.5. The highest BCUT2D eigenvalue weighted by molar-refractivity contribution is 7.80. The zero-order valence-corrected chi connectivity index (χ0v) is 16.7. The predicted molar refractivity (Wildman–Crippen MR) is 107 cm³/mol. The number of ether oxygens (including phenoxy) is 1. The monoisotopic (exact) mass is 450 g/mol. The number of halogens is 5. The van der Waals surface area contributed by atoms with E-state index in [4.69, 9.17) is 35.4 Å². The highest BCUT2D eigenvalue weighted by Gasteiger charge is 2.31. The summed E-state index contributed by atoms with van der Waals surface area (Å²) in [6.45, 7) is 2.60. The highest BCUT2D eigenvalue weighted by Crippen LogP contribution is 2.27. The fraction of sp³-hybridized carbons (Fsp3) is 0.294. The molecule has 1 fully saturated rings. The lowest BCUT2D eigenvalue weighted by Gasteiger charge is -2.37. The van der Waals surface area contributed by atoms with E-state index in [-0.39, 0.29) is 5.75 Å². The molecule has 2 heterocycles. The first-order valence-electron chi connectivity index (χ1n) is 8.19. The van der Waals surface area contributed by atoms with Crippen LogP contribution in [-0.2, 0) is 0 Å². The number of nitrogens with one attached hydrogen (secondary N) is 1. The molecule has 0 saturated carbocycles. The van der Waals surface area contributed by atoms with Crippen molar-refractivity contribution in [3.63, 3.8) is 0 Å². The van der Waals surface area contributed by atoms with Gasteiger partial charge in [-0.2, -0.15) is 0 Å². The van der Waals surface area contributed by atoms with Crippen molar-refractivity contribution < 1.29 is 17.9 Å². The lowest BCUT2D eigenvalue weighted by atomic mass is 10.3. The highest BCUT2D eigenvalue weighted by atomic mass is 35.5. The summed E-state index contributed by atoms with van der Waals surface area (Å²) in [6.07, 6.45) is -3.17. The van der Waals surface area contributed by atoms with Crippen molar-refractivity contribution in [3.05, 3.63) is 46.6 Å². The van der Waals surface area contributed by atoms with E-state index in [1.54, 1.807) is 12.3 Å². The summed E-state index contributed by atoms with van der Waals surface area (Å²) in [7, 11) is 0. The van der Waals surface area contributed by atoms with Crippen molar-refractivity contribution in [2.45, 2.75) is 6.36 Å². The van der Waals surface area contributed by atoms with Crippen LogP contribution >= 0.6 is 35.4 Å². The first-order valence-corrected chi connectivity index (χ1v) is 9.35. The van der Waals surface area contributed by atoms with E-state index < -0.39 is 6.36 Å². The van der Waals surface area contributed by atoms with E-state index in [2.05, 4.69) is 15.0 Å². The lowest BCUT2D eigenvalue weighted by molar-refractivity contribution is -0.274.